The molecule has 0 spiro atoms. The average Bonchev–Trinajstić information content (AvgIpc) is 2.65. The molecule has 1 amide bonds. The zero-order valence-corrected chi connectivity index (χ0v) is 9.44. The molecule has 1 aromatic heterocycles. The van der Waals surface area contributed by atoms with Crippen molar-refractivity contribution in [1.29, 1.82) is 0 Å². The molecule has 1 rings (SSSR count). The van der Waals surface area contributed by atoms with Gasteiger partial charge in [-0.15, -0.1) is 0 Å². The van der Waals surface area contributed by atoms with Gasteiger partial charge >= 0.3 is 0 Å². The lowest BCUT2D eigenvalue weighted by molar-refractivity contribution is -0.128. The van der Waals surface area contributed by atoms with Crippen molar-refractivity contribution in [2.45, 2.75) is 25.9 Å². The molecule has 0 aliphatic carbocycles. The van der Waals surface area contributed by atoms with Gasteiger partial charge in [0, 0.05) is 45.5 Å². The lowest BCUT2D eigenvalue weighted by Gasteiger charge is -2.11. The summed E-state index contributed by atoms with van der Waals surface area (Å²) in [6, 6.07) is 3.99. The number of amides is 1. The van der Waals surface area contributed by atoms with Gasteiger partial charge in [0.1, 0.15) is 0 Å². The molecule has 0 atom stereocenters. The van der Waals surface area contributed by atoms with E-state index in [2.05, 4.69) is 4.57 Å². The minimum absolute atomic E-state index is 0.177. The van der Waals surface area contributed by atoms with E-state index in [9.17, 15) is 4.79 Å². The van der Waals surface area contributed by atoms with Gasteiger partial charge in [-0.25, -0.2) is 0 Å². The Balaban J connectivity index is 2.35. The van der Waals surface area contributed by atoms with Gasteiger partial charge in [0.2, 0.25) is 5.91 Å². The molecular formula is C11H19N3O. The van der Waals surface area contributed by atoms with Crippen molar-refractivity contribution in [2.24, 2.45) is 5.73 Å². The van der Waals surface area contributed by atoms with Crippen LogP contribution in [0.25, 0.3) is 0 Å². The lowest BCUT2D eigenvalue weighted by Crippen LogP contribution is -2.21. The van der Waals surface area contributed by atoms with Crippen LogP contribution in [0.3, 0.4) is 0 Å². The van der Waals surface area contributed by atoms with E-state index >= 15 is 0 Å². The summed E-state index contributed by atoms with van der Waals surface area (Å²) in [7, 11) is 3.56. The molecule has 0 aromatic carbocycles. The van der Waals surface area contributed by atoms with Crippen molar-refractivity contribution in [2.75, 3.05) is 14.1 Å². The monoisotopic (exact) mass is 209 g/mol. The van der Waals surface area contributed by atoms with Gasteiger partial charge in [0.05, 0.1) is 0 Å². The number of aryl methyl sites for hydroxylation is 1. The van der Waals surface area contributed by atoms with Gasteiger partial charge in [-0.05, 0) is 18.6 Å². The summed E-state index contributed by atoms with van der Waals surface area (Å²) in [5.74, 6) is 0.177. The number of carbonyl (C=O) groups is 1. The molecule has 2 N–H and O–H groups in total. The Hall–Kier alpha value is -1.29. The fraction of sp³-hybridized carbons (Fsp3) is 0.545. The van der Waals surface area contributed by atoms with Gasteiger partial charge in [-0.1, -0.05) is 0 Å². The molecule has 0 bridgehead atoms. The Labute approximate surface area is 90.7 Å². The van der Waals surface area contributed by atoms with E-state index in [1.165, 1.54) is 0 Å². The van der Waals surface area contributed by atoms with Gasteiger partial charge in [0.25, 0.3) is 0 Å². The first-order valence-electron chi connectivity index (χ1n) is 5.19. The Kier molecular flexibility index (Phi) is 4.37. The maximum Gasteiger partial charge on any atom is 0.222 e. The summed E-state index contributed by atoms with van der Waals surface area (Å²) in [5, 5.41) is 0. The number of rotatable bonds is 5. The van der Waals surface area contributed by atoms with E-state index in [0.717, 1.165) is 18.7 Å². The third kappa shape index (κ3) is 3.40. The first-order valence-corrected chi connectivity index (χ1v) is 5.19. The standard InChI is InChI=1S/C11H19N3O/c1-13(2)11(15)6-4-8-14-7-3-5-10(14)9-12/h3,5,7H,4,6,8-9,12H2,1-2H3. The third-order valence-corrected chi connectivity index (χ3v) is 2.42. The molecule has 0 radical (unpaired) electrons. The second-order valence-corrected chi connectivity index (χ2v) is 3.79. The number of nitrogens with two attached hydrogens (primary N) is 1. The van der Waals surface area contributed by atoms with Crippen LogP contribution in [-0.2, 0) is 17.9 Å². The van der Waals surface area contributed by atoms with Crippen LogP contribution in [0.5, 0.6) is 0 Å². The molecule has 0 aliphatic rings. The lowest BCUT2D eigenvalue weighted by atomic mass is 10.3. The molecule has 4 nitrogen and oxygen atoms in total. The summed E-state index contributed by atoms with van der Waals surface area (Å²) in [6.07, 6.45) is 3.45. The van der Waals surface area contributed by atoms with Gasteiger partial charge < -0.3 is 15.2 Å². The highest BCUT2D eigenvalue weighted by molar-refractivity contribution is 5.75. The topological polar surface area (TPSA) is 51.3 Å². The second-order valence-electron chi connectivity index (χ2n) is 3.79. The highest BCUT2D eigenvalue weighted by Gasteiger charge is 2.04. The zero-order valence-electron chi connectivity index (χ0n) is 9.44. The summed E-state index contributed by atoms with van der Waals surface area (Å²) < 4.78 is 2.10. The third-order valence-electron chi connectivity index (χ3n) is 2.42. The molecule has 0 fully saturated rings. The SMILES string of the molecule is CN(C)C(=O)CCCn1cccc1CN. The van der Waals surface area contributed by atoms with Crippen molar-refractivity contribution >= 4 is 5.91 Å². The fourth-order valence-corrected chi connectivity index (χ4v) is 1.48. The smallest absolute Gasteiger partial charge is 0.222 e. The van der Waals surface area contributed by atoms with Gasteiger partial charge in [-0.3, -0.25) is 4.79 Å². The fourth-order valence-electron chi connectivity index (χ4n) is 1.48. The highest BCUT2D eigenvalue weighted by atomic mass is 16.2. The van der Waals surface area contributed by atoms with Crippen LogP contribution in [-0.4, -0.2) is 29.5 Å². The van der Waals surface area contributed by atoms with E-state index in [0.29, 0.717) is 13.0 Å². The van der Waals surface area contributed by atoms with Crippen LogP contribution in [0.2, 0.25) is 0 Å². The first-order chi connectivity index (χ1) is 7.15. The van der Waals surface area contributed by atoms with Crippen molar-refractivity contribution in [3.63, 3.8) is 0 Å². The minimum Gasteiger partial charge on any atom is -0.350 e. The maximum atomic E-state index is 11.3. The molecule has 0 saturated carbocycles. The van der Waals surface area contributed by atoms with E-state index in [1.54, 1.807) is 19.0 Å². The van der Waals surface area contributed by atoms with E-state index in [4.69, 9.17) is 5.73 Å². The molecule has 15 heavy (non-hydrogen) atoms. The highest BCUT2D eigenvalue weighted by Crippen LogP contribution is 2.04. The number of nitrogens with zero attached hydrogens (tertiary/aromatic N) is 2. The van der Waals surface area contributed by atoms with Gasteiger partial charge in [0.15, 0.2) is 0 Å². The van der Waals surface area contributed by atoms with Crippen LogP contribution in [0, 0.1) is 0 Å². The normalized spacial score (nSPS) is 10.3. The largest absolute Gasteiger partial charge is 0.350 e. The Bertz CT molecular complexity index is 317. The molecule has 84 valence electrons. The maximum absolute atomic E-state index is 11.3. The Morgan fingerprint density at radius 2 is 2.27 bits per heavy atom. The molecule has 0 unspecified atom stereocenters. The number of hydrogen-bond donors (Lipinski definition) is 1. The quantitative estimate of drug-likeness (QED) is 0.780. The van der Waals surface area contributed by atoms with E-state index < -0.39 is 0 Å². The summed E-state index contributed by atoms with van der Waals surface area (Å²) in [4.78, 5) is 12.9. The average molecular weight is 209 g/mol. The molecular weight excluding hydrogens is 190 g/mol. The van der Waals surface area contributed by atoms with Crippen molar-refractivity contribution in [3.8, 4) is 0 Å². The number of hydrogen-bond acceptors (Lipinski definition) is 2. The van der Waals surface area contributed by atoms with Crippen LogP contribution in [0.1, 0.15) is 18.5 Å². The predicted octanol–water partition coefficient (Wildman–Crippen LogP) is 0.815. The predicted molar refractivity (Wildman–Crippen MR) is 60.3 cm³/mol. The summed E-state index contributed by atoms with van der Waals surface area (Å²) in [5.41, 5.74) is 6.70. The summed E-state index contributed by atoms with van der Waals surface area (Å²) in [6.45, 7) is 1.41. The molecule has 4 heteroatoms. The molecule has 0 saturated heterocycles. The van der Waals surface area contributed by atoms with Crippen LogP contribution < -0.4 is 5.73 Å². The Morgan fingerprint density at radius 3 is 2.87 bits per heavy atom. The van der Waals surface area contributed by atoms with Gasteiger partial charge in [-0.2, -0.15) is 0 Å². The van der Waals surface area contributed by atoms with Crippen molar-refractivity contribution < 1.29 is 4.79 Å². The van der Waals surface area contributed by atoms with Crippen LogP contribution in [0.4, 0.5) is 0 Å². The van der Waals surface area contributed by atoms with Crippen LogP contribution >= 0.6 is 0 Å². The second kappa shape index (κ2) is 5.56. The molecule has 1 heterocycles. The van der Waals surface area contributed by atoms with E-state index in [-0.39, 0.29) is 5.91 Å². The molecule has 0 aliphatic heterocycles. The van der Waals surface area contributed by atoms with Crippen molar-refractivity contribution in [1.82, 2.24) is 9.47 Å². The van der Waals surface area contributed by atoms with Crippen LogP contribution in [0.15, 0.2) is 18.3 Å². The number of aromatic nitrogens is 1. The number of carbonyl (C=O) groups excluding carboxylic acids is 1. The van der Waals surface area contributed by atoms with E-state index in [1.807, 2.05) is 18.3 Å². The molecule has 1 aromatic rings. The first kappa shape index (κ1) is 11.8. The minimum atomic E-state index is 0.177. The van der Waals surface area contributed by atoms with Crippen molar-refractivity contribution in [3.05, 3.63) is 24.0 Å². The zero-order chi connectivity index (χ0) is 11.3. The summed E-state index contributed by atoms with van der Waals surface area (Å²) >= 11 is 0. The Morgan fingerprint density at radius 1 is 1.53 bits per heavy atom.